The maximum Gasteiger partial charge on any atom is 0.252 e. The molecule has 2 aliphatic heterocycles. The minimum absolute atomic E-state index is 0.124. The van der Waals surface area contributed by atoms with Crippen LogP contribution in [0.25, 0.3) is 0 Å². The Bertz CT molecular complexity index is 1580. The first-order chi connectivity index (χ1) is 26.8. The van der Waals surface area contributed by atoms with E-state index < -0.39 is 0 Å². The van der Waals surface area contributed by atoms with Gasteiger partial charge in [0.1, 0.15) is 5.84 Å². The van der Waals surface area contributed by atoms with Crippen molar-refractivity contribution >= 4 is 30.0 Å². The Hall–Kier alpha value is -4.70. The molecular formula is C40H58N8O7. The number of amidine groups is 1. The number of nitrogens with one attached hydrogen (secondary N) is 1. The van der Waals surface area contributed by atoms with Gasteiger partial charge in [0.05, 0.1) is 64.8 Å². The monoisotopic (exact) mass is 762 g/mol. The number of hydrogen-bond acceptors (Lipinski definition) is 11. The second-order valence-electron chi connectivity index (χ2n) is 13.3. The molecule has 300 valence electrons. The van der Waals surface area contributed by atoms with E-state index >= 15 is 0 Å². The molecule has 2 aromatic rings. The Kier molecular flexibility index (Phi) is 18.7. The van der Waals surface area contributed by atoms with E-state index in [-0.39, 0.29) is 11.8 Å². The van der Waals surface area contributed by atoms with Crippen LogP contribution in [0.2, 0.25) is 0 Å². The molecule has 1 aromatic carbocycles. The number of nitrogens with zero attached hydrogens (tertiary/aromatic N) is 7. The van der Waals surface area contributed by atoms with Gasteiger partial charge in [0.15, 0.2) is 0 Å². The number of carbonyl (C=O) groups excluding carboxylic acids is 3. The Balaban J connectivity index is 0.965. The average molecular weight is 763 g/mol. The summed E-state index contributed by atoms with van der Waals surface area (Å²) in [6.07, 6.45) is 9.59. The van der Waals surface area contributed by atoms with E-state index in [4.69, 9.17) is 18.9 Å². The van der Waals surface area contributed by atoms with Crippen molar-refractivity contribution in [3.63, 3.8) is 0 Å². The van der Waals surface area contributed by atoms with Gasteiger partial charge < -0.3 is 43.9 Å². The molecule has 15 heteroatoms. The minimum atomic E-state index is -0.276. The van der Waals surface area contributed by atoms with Crippen LogP contribution in [-0.2, 0) is 59.3 Å². The van der Waals surface area contributed by atoms with E-state index in [9.17, 15) is 14.4 Å². The third kappa shape index (κ3) is 14.8. The van der Waals surface area contributed by atoms with Gasteiger partial charge in [-0.15, -0.1) is 0 Å². The summed E-state index contributed by atoms with van der Waals surface area (Å²) < 4.78 is 22.3. The lowest BCUT2D eigenvalue weighted by molar-refractivity contribution is -0.133. The minimum Gasteiger partial charge on any atom is -0.379 e. The predicted molar refractivity (Wildman–Crippen MR) is 211 cm³/mol. The van der Waals surface area contributed by atoms with E-state index in [0.717, 1.165) is 63.4 Å². The summed E-state index contributed by atoms with van der Waals surface area (Å²) >= 11 is 0. The quantitative estimate of drug-likeness (QED) is 0.0444. The lowest BCUT2D eigenvalue weighted by Gasteiger charge is -2.35. The maximum atomic E-state index is 12.6. The molecule has 4 rings (SSSR count). The molecule has 0 aliphatic carbocycles. The predicted octanol–water partition coefficient (Wildman–Crippen LogP) is 2.40. The first kappa shape index (κ1) is 43.0. The highest BCUT2D eigenvalue weighted by molar-refractivity contribution is 5.96. The van der Waals surface area contributed by atoms with Crippen LogP contribution in [0, 0.1) is 0 Å². The molecule has 0 spiro atoms. The van der Waals surface area contributed by atoms with Gasteiger partial charge in [-0.05, 0) is 36.5 Å². The Morgan fingerprint density at radius 3 is 2.18 bits per heavy atom. The molecule has 55 heavy (non-hydrogen) atoms. The van der Waals surface area contributed by atoms with Gasteiger partial charge in [-0.25, -0.2) is 15.0 Å². The van der Waals surface area contributed by atoms with Gasteiger partial charge in [-0.1, -0.05) is 37.8 Å². The summed E-state index contributed by atoms with van der Waals surface area (Å²) in [6, 6.07) is 6.58. The molecule has 0 radical (unpaired) electrons. The number of piperazine rings is 1. The van der Waals surface area contributed by atoms with Crippen LogP contribution >= 0.6 is 0 Å². The highest BCUT2D eigenvalue weighted by Gasteiger charge is 2.21. The SMILES string of the molecule is C=C/C(=C\N=C(/C)N1CCN(c2ncc(CN(C)C=O)cn2)CC1)C(=O)NCCOCCOCCOCCOCCC(=O)N1CCc2cc(CC)ccc2C1. The number of aryl methyl sites for hydroxylation is 1. The molecule has 1 N–H and O–H groups in total. The smallest absolute Gasteiger partial charge is 0.252 e. The fraction of sp³-hybridized carbons (Fsp3) is 0.550. The highest BCUT2D eigenvalue weighted by atomic mass is 16.6. The molecular weight excluding hydrogens is 704 g/mol. The number of aromatic nitrogens is 2. The number of amides is 3. The van der Waals surface area contributed by atoms with Crippen molar-refractivity contribution in [2.24, 2.45) is 4.99 Å². The summed E-state index contributed by atoms with van der Waals surface area (Å²) in [5, 5.41) is 2.83. The van der Waals surface area contributed by atoms with Crippen molar-refractivity contribution in [3.8, 4) is 0 Å². The molecule has 1 aromatic heterocycles. The molecule has 1 saturated heterocycles. The molecule has 15 nitrogen and oxygen atoms in total. The van der Waals surface area contributed by atoms with Crippen molar-refractivity contribution in [3.05, 3.63) is 77.3 Å². The Labute approximate surface area is 325 Å². The van der Waals surface area contributed by atoms with Crippen LogP contribution in [0.4, 0.5) is 5.95 Å². The van der Waals surface area contributed by atoms with Crippen LogP contribution in [0.3, 0.4) is 0 Å². The number of rotatable bonds is 23. The number of aliphatic imine (C=N–C) groups is 1. The molecule has 0 bridgehead atoms. The number of benzene rings is 1. The lowest BCUT2D eigenvalue weighted by atomic mass is 9.96. The fourth-order valence-electron chi connectivity index (χ4n) is 6.05. The van der Waals surface area contributed by atoms with Crippen molar-refractivity contribution < 1.29 is 33.3 Å². The number of anilines is 1. The molecule has 3 amide bonds. The van der Waals surface area contributed by atoms with E-state index in [1.54, 1.807) is 19.4 Å². The van der Waals surface area contributed by atoms with Crippen LogP contribution in [0.15, 0.2) is 60.0 Å². The van der Waals surface area contributed by atoms with Crippen molar-refractivity contribution in [1.29, 1.82) is 0 Å². The highest BCUT2D eigenvalue weighted by Crippen LogP contribution is 2.21. The molecule has 0 unspecified atom stereocenters. The Morgan fingerprint density at radius 2 is 1.55 bits per heavy atom. The van der Waals surface area contributed by atoms with Crippen LogP contribution in [0.5, 0.6) is 0 Å². The van der Waals surface area contributed by atoms with Crippen molar-refractivity contribution in [2.75, 3.05) is 104 Å². The standard InChI is InChI=1S/C40H58N8O7/c1-5-33-7-8-37-30-48(12-9-36(37)25-33)38(50)10-17-52-19-21-54-23-24-55-22-20-53-18-11-41-39(51)35(6-2)28-42-32(3)46-13-15-47(16-14-46)40-43-26-34(27-44-40)29-45(4)31-49/h6-8,25-28,31H,2,5,9-24,29-30H2,1,3-4H3,(H,41,51)/b35-28+,42-32+. The van der Waals surface area contributed by atoms with Gasteiger partial charge >= 0.3 is 0 Å². The van der Waals surface area contributed by atoms with E-state index in [1.807, 2.05) is 11.8 Å². The molecule has 0 saturated carbocycles. The van der Waals surface area contributed by atoms with Gasteiger partial charge in [0.2, 0.25) is 18.3 Å². The van der Waals surface area contributed by atoms with Crippen molar-refractivity contribution in [2.45, 2.75) is 46.2 Å². The first-order valence-electron chi connectivity index (χ1n) is 19.1. The summed E-state index contributed by atoms with van der Waals surface area (Å²) in [5.41, 5.74) is 5.19. The van der Waals surface area contributed by atoms with Crippen LogP contribution < -0.4 is 10.2 Å². The van der Waals surface area contributed by atoms with Gasteiger partial charge in [-0.3, -0.25) is 14.4 Å². The van der Waals surface area contributed by atoms with Gasteiger partial charge in [0, 0.05) is 83.6 Å². The lowest BCUT2D eigenvalue weighted by Crippen LogP contribution is -2.48. The third-order valence-electron chi connectivity index (χ3n) is 9.35. The molecule has 3 heterocycles. The molecule has 1 fully saturated rings. The second-order valence-corrected chi connectivity index (χ2v) is 13.3. The molecule has 2 aliphatic rings. The summed E-state index contributed by atoms with van der Waals surface area (Å²) in [5.74, 6) is 1.31. The van der Waals surface area contributed by atoms with Crippen molar-refractivity contribution in [1.82, 2.24) is 30.0 Å². The summed E-state index contributed by atoms with van der Waals surface area (Å²) in [7, 11) is 1.71. The summed E-state index contributed by atoms with van der Waals surface area (Å²) in [6.45, 7) is 16.3. The van der Waals surface area contributed by atoms with Crippen LogP contribution in [0.1, 0.15) is 42.5 Å². The second kappa shape index (κ2) is 23.9. The zero-order chi connectivity index (χ0) is 39.3. The number of fused-ring (bicyclic) bond motifs is 1. The third-order valence-corrected chi connectivity index (χ3v) is 9.35. The number of hydrogen-bond donors (Lipinski definition) is 1. The van der Waals surface area contributed by atoms with Crippen LogP contribution in [-0.4, -0.2) is 148 Å². The summed E-state index contributed by atoms with van der Waals surface area (Å²) in [4.78, 5) is 57.3. The van der Waals surface area contributed by atoms with E-state index in [1.165, 1.54) is 33.9 Å². The largest absolute Gasteiger partial charge is 0.379 e. The zero-order valence-electron chi connectivity index (χ0n) is 32.7. The van der Waals surface area contributed by atoms with E-state index in [2.05, 4.69) is 61.8 Å². The number of ether oxygens (including phenoxy) is 4. The van der Waals surface area contributed by atoms with E-state index in [0.29, 0.717) is 90.4 Å². The topological polar surface area (TPSA) is 151 Å². The number of carbonyl (C=O) groups is 3. The maximum absolute atomic E-state index is 12.6. The first-order valence-corrected chi connectivity index (χ1v) is 19.1. The van der Waals surface area contributed by atoms with Gasteiger partial charge in [0.25, 0.3) is 5.91 Å². The Morgan fingerprint density at radius 1 is 0.891 bits per heavy atom. The zero-order valence-corrected chi connectivity index (χ0v) is 32.7. The fourth-order valence-corrected chi connectivity index (χ4v) is 6.05. The average Bonchev–Trinajstić information content (AvgIpc) is 3.22. The van der Waals surface area contributed by atoms with Gasteiger partial charge in [-0.2, -0.15) is 0 Å². The normalized spacial score (nSPS) is 14.8. The molecule has 0 atom stereocenters.